The maximum Gasteiger partial charge on any atom is 0.270 e. The van der Waals surface area contributed by atoms with Gasteiger partial charge in [0.05, 0.1) is 4.92 Å². The molecule has 0 spiro atoms. The molecule has 0 aliphatic rings. The molecule has 21 heavy (non-hydrogen) atoms. The first-order chi connectivity index (χ1) is 10.0. The highest BCUT2D eigenvalue weighted by Crippen LogP contribution is 2.19. The Kier molecular flexibility index (Phi) is 4.49. The number of hydrogen-bond donors (Lipinski definition) is 0. The Morgan fingerprint density at radius 3 is 2.71 bits per heavy atom. The van der Waals surface area contributed by atoms with E-state index < -0.39 is 10.7 Å². The first-order valence-corrected chi connectivity index (χ1v) is 6.75. The van der Waals surface area contributed by atoms with Crippen molar-refractivity contribution in [2.45, 2.75) is 0 Å². The van der Waals surface area contributed by atoms with Crippen LogP contribution in [-0.2, 0) is 0 Å². The van der Waals surface area contributed by atoms with Gasteiger partial charge >= 0.3 is 0 Å². The van der Waals surface area contributed by atoms with Crippen LogP contribution in [0.25, 0.3) is 6.08 Å². The molecule has 0 radical (unpaired) electrons. The van der Waals surface area contributed by atoms with Gasteiger partial charge in [0.2, 0.25) is 5.78 Å². The van der Waals surface area contributed by atoms with Gasteiger partial charge in [-0.05, 0) is 34.7 Å². The number of benzene rings is 1. The lowest BCUT2D eigenvalue weighted by molar-refractivity contribution is -0.384. The molecule has 0 aliphatic carbocycles. The van der Waals surface area contributed by atoms with E-state index >= 15 is 0 Å². The van der Waals surface area contributed by atoms with Gasteiger partial charge in [-0.25, -0.2) is 0 Å². The summed E-state index contributed by atoms with van der Waals surface area (Å²) in [5, 5.41) is 19.8. The lowest BCUT2D eigenvalue weighted by Crippen LogP contribution is -2.02. The molecule has 6 nitrogen and oxygen atoms in total. The maximum absolute atomic E-state index is 12.2. The lowest BCUT2D eigenvalue weighted by atomic mass is 10.0. The fraction of sp³-hybridized carbons (Fsp3) is 0. The number of halogens is 1. The first-order valence-electron chi connectivity index (χ1n) is 5.67. The average Bonchev–Trinajstić information content (AvgIpc) is 2.89. The van der Waals surface area contributed by atoms with Crippen molar-refractivity contribution in [1.29, 1.82) is 5.26 Å². The van der Waals surface area contributed by atoms with Gasteiger partial charge in [0.1, 0.15) is 17.4 Å². The van der Waals surface area contributed by atoms with Crippen LogP contribution in [0.1, 0.15) is 16.1 Å². The van der Waals surface area contributed by atoms with Crippen LogP contribution >= 0.6 is 22.6 Å². The van der Waals surface area contributed by atoms with Gasteiger partial charge in [0.25, 0.3) is 5.69 Å². The molecule has 0 saturated carbocycles. The molecule has 0 bridgehead atoms. The highest BCUT2D eigenvalue weighted by Gasteiger charge is 2.16. The first kappa shape index (κ1) is 14.9. The van der Waals surface area contributed by atoms with E-state index in [1.54, 1.807) is 18.2 Å². The van der Waals surface area contributed by atoms with E-state index in [2.05, 4.69) is 0 Å². The van der Waals surface area contributed by atoms with Crippen LogP contribution in [0, 0.1) is 25.2 Å². The number of nitro groups is 1. The lowest BCUT2D eigenvalue weighted by Gasteiger charge is -1.99. The SMILES string of the molecule is N#CC(=Cc1ccc(I)o1)C(=O)c1cccc([N+](=O)[O-])c1. The van der Waals surface area contributed by atoms with Gasteiger partial charge in [-0.3, -0.25) is 14.9 Å². The summed E-state index contributed by atoms with van der Waals surface area (Å²) in [7, 11) is 0. The Labute approximate surface area is 133 Å². The minimum Gasteiger partial charge on any atom is -0.451 e. The molecule has 2 rings (SSSR count). The fourth-order valence-corrected chi connectivity index (χ4v) is 2.05. The number of nitrogens with zero attached hydrogens (tertiary/aromatic N) is 2. The summed E-state index contributed by atoms with van der Waals surface area (Å²) < 4.78 is 5.89. The predicted molar refractivity (Wildman–Crippen MR) is 82.4 cm³/mol. The molecule has 0 fully saturated rings. The van der Waals surface area contributed by atoms with Crippen molar-refractivity contribution in [2.75, 3.05) is 0 Å². The molecule has 1 aromatic heterocycles. The van der Waals surface area contributed by atoms with E-state index in [1.807, 2.05) is 22.6 Å². The minimum absolute atomic E-state index is 0.0817. The van der Waals surface area contributed by atoms with Gasteiger partial charge in [0, 0.05) is 23.8 Å². The van der Waals surface area contributed by atoms with Gasteiger partial charge in [-0.2, -0.15) is 5.26 Å². The third-order valence-corrected chi connectivity index (χ3v) is 3.14. The smallest absolute Gasteiger partial charge is 0.270 e. The van der Waals surface area contributed by atoms with Crippen molar-refractivity contribution in [2.24, 2.45) is 0 Å². The van der Waals surface area contributed by atoms with Gasteiger partial charge in [0.15, 0.2) is 3.77 Å². The normalized spacial score (nSPS) is 11.0. The van der Waals surface area contributed by atoms with Crippen LogP contribution in [0.3, 0.4) is 0 Å². The number of hydrogen-bond acceptors (Lipinski definition) is 5. The number of furan rings is 1. The second-order valence-corrected chi connectivity index (χ2v) is 5.01. The van der Waals surface area contributed by atoms with E-state index in [0.29, 0.717) is 9.53 Å². The maximum atomic E-state index is 12.2. The van der Waals surface area contributed by atoms with Crippen molar-refractivity contribution in [3.05, 3.63) is 67.2 Å². The number of non-ortho nitro benzene ring substituents is 1. The quantitative estimate of drug-likeness (QED) is 0.197. The highest BCUT2D eigenvalue weighted by molar-refractivity contribution is 14.1. The van der Waals surface area contributed by atoms with Crippen molar-refractivity contribution in [3.8, 4) is 6.07 Å². The second-order valence-electron chi connectivity index (χ2n) is 3.95. The minimum atomic E-state index is -0.596. The van der Waals surface area contributed by atoms with E-state index in [0.717, 1.165) is 6.07 Å². The zero-order valence-corrected chi connectivity index (χ0v) is 12.6. The molecule has 7 heteroatoms. The number of rotatable bonds is 4. The Morgan fingerprint density at radius 1 is 1.38 bits per heavy atom. The third kappa shape index (κ3) is 3.55. The van der Waals surface area contributed by atoms with Gasteiger partial charge < -0.3 is 4.42 Å². The standard InChI is InChI=1S/C14H7IN2O4/c15-13-5-4-12(21-13)7-10(8-16)14(18)9-2-1-3-11(6-9)17(19)20/h1-7H. The predicted octanol–water partition coefficient (Wildman–Crippen LogP) is 3.58. The summed E-state index contributed by atoms with van der Waals surface area (Å²) in [5.41, 5.74) is -0.273. The molecular weight excluding hydrogens is 387 g/mol. The number of carbonyl (C=O) groups is 1. The Bertz CT molecular complexity index is 786. The molecule has 0 N–H and O–H groups in total. The number of carbonyl (C=O) groups excluding carboxylic acids is 1. The number of nitro benzene ring substituents is 1. The zero-order chi connectivity index (χ0) is 15.4. The van der Waals surface area contributed by atoms with Crippen LogP contribution in [0.5, 0.6) is 0 Å². The van der Waals surface area contributed by atoms with Crippen LogP contribution in [0.4, 0.5) is 5.69 Å². The van der Waals surface area contributed by atoms with Crippen molar-refractivity contribution in [1.82, 2.24) is 0 Å². The molecule has 104 valence electrons. The Hall–Kier alpha value is -2.47. The third-order valence-electron chi connectivity index (χ3n) is 2.56. The molecule has 0 amide bonds. The zero-order valence-electron chi connectivity index (χ0n) is 10.4. The molecule has 0 atom stereocenters. The van der Waals surface area contributed by atoms with Crippen LogP contribution < -0.4 is 0 Å². The van der Waals surface area contributed by atoms with Crippen molar-refractivity contribution < 1.29 is 14.1 Å². The summed E-state index contributed by atoms with van der Waals surface area (Å²) >= 11 is 1.96. The summed E-state index contributed by atoms with van der Waals surface area (Å²) in [6.45, 7) is 0. The summed E-state index contributed by atoms with van der Waals surface area (Å²) in [6.07, 6.45) is 1.31. The average molecular weight is 394 g/mol. The van der Waals surface area contributed by atoms with Crippen LogP contribution in [0.2, 0.25) is 0 Å². The number of Topliss-reactive ketones (excluding diaryl/α,β-unsaturated/α-hetero) is 1. The monoisotopic (exact) mass is 394 g/mol. The number of nitriles is 1. The van der Waals surface area contributed by atoms with Crippen molar-refractivity contribution in [3.63, 3.8) is 0 Å². The largest absolute Gasteiger partial charge is 0.451 e. The van der Waals surface area contributed by atoms with E-state index in [1.165, 1.54) is 24.3 Å². The Balaban J connectivity index is 2.37. The van der Waals surface area contributed by atoms with Crippen LogP contribution in [0.15, 0.2) is 46.4 Å². The number of allylic oxidation sites excluding steroid dienone is 1. The summed E-state index contributed by atoms with van der Waals surface area (Å²) in [4.78, 5) is 22.3. The van der Waals surface area contributed by atoms with Gasteiger partial charge in [-0.15, -0.1) is 0 Å². The topological polar surface area (TPSA) is 97.1 Å². The van der Waals surface area contributed by atoms with Crippen LogP contribution in [-0.4, -0.2) is 10.7 Å². The van der Waals surface area contributed by atoms with Gasteiger partial charge in [-0.1, -0.05) is 12.1 Å². The van der Waals surface area contributed by atoms with E-state index in [4.69, 9.17) is 9.68 Å². The fourth-order valence-electron chi connectivity index (χ4n) is 1.61. The Morgan fingerprint density at radius 2 is 2.14 bits per heavy atom. The summed E-state index contributed by atoms with van der Waals surface area (Å²) in [5.74, 6) is -0.220. The molecule has 2 aromatic rings. The molecule has 0 aliphatic heterocycles. The van der Waals surface area contributed by atoms with Crippen molar-refractivity contribution >= 4 is 40.1 Å². The second kappa shape index (κ2) is 6.32. The molecule has 1 heterocycles. The summed E-state index contributed by atoms with van der Waals surface area (Å²) in [6, 6.07) is 10.3. The molecule has 1 aromatic carbocycles. The molecular formula is C14H7IN2O4. The molecule has 0 saturated heterocycles. The molecule has 0 unspecified atom stereocenters. The number of ketones is 1. The van der Waals surface area contributed by atoms with E-state index in [9.17, 15) is 14.9 Å². The van der Waals surface area contributed by atoms with E-state index in [-0.39, 0.29) is 16.8 Å². The highest BCUT2D eigenvalue weighted by atomic mass is 127.